The normalized spacial score (nSPS) is 26.1. The summed E-state index contributed by atoms with van der Waals surface area (Å²) in [6.07, 6.45) is 1.62. The van der Waals surface area contributed by atoms with Gasteiger partial charge in [-0.1, -0.05) is 11.6 Å². The Kier molecular flexibility index (Phi) is 4.34. The number of pyridine rings is 1. The van der Waals surface area contributed by atoms with Crippen LogP contribution in [-0.4, -0.2) is 46.9 Å². The Hall–Kier alpha value is -0.680. The number of hydrogen-bond acceptors (Lipinski definition) is 4. The molecule has 2 heterocycles. The van der Waals surface area contributed by atoms with Crippen molar-refractivity contribution in [3.63, 3.8) is 0 Å². The van der Waals surface area contributed by atoms with Gasteiger partial charge in [-0.3, -0.25) is 9.88 Å². The van der Waals surface area contributed by atoms with E-state index < -0.39 is 0 Å². The molecular formula is C12H17ClN2O2. The number of hydrogen-bond donors (Lipinski definition) is 1. The van der Waals surface area contributed by atoms with Gasteiger partial charge in [0, 0.05) is 30.4 Å². The molecule has 0 amide bonds. The van der Waals surface area contributed by atoms with Crippen molar-refractivity contribution in [3.05, 3.63) is 29.0 Å². The van der Waals surface area contributed by atoms with Gasteiger partial charge in [-0.2, -0.15) is 0 Å². The van der Waals surface area contributed by atoms with Gasteiger partial charge in [0.15, 0.2) is 0 Å². The minimum atomic E-state index is -0.0922. The third kappa shape index (κ3) is 3.39. The molecule has 0 saturated carbocycles. The highest BCUT2D eigenvalue weighted by molar-refractivity contribution is 6.30. The van der Waals surface area contributed by atoms with Crippen molar-refractivity contribution in [2.45, 2.75) is 25.6 Å². The van der Waals surface area contributed by atoms with Crippen molar-refractivity contribution >= 4 is 11.6 Å². The topological polar surface area (TPSA) is 45.6 Å². The molecule has 2 atom stereocenters. The molecule has 17 heavy (non-hydrogen) atoms. The highest BCUT2D eigenvalue weighted by Gasteiger charge is 2.25. The molecule has 2 rings (SSSR count). The van der Waals surface area contributed by atoms with Gasteiger partial charge < -0.3 is 9.84 Å². The molecule has 1 fully saturated rings. The predicted molar refractivity (Wildman–Crippen MR) is 65.9 cm³/mol. The molecule has 0 spiro atoms. The van der Waals surface area contributed by atoms with Gasteiger partial charge in [0.2, 0.25) is 0 Å². The minimum Gasteiger partial charge on any atom is -0.394 e. The lowest BCUT2D eigenvalue weighted by atomic mass is 10.2. The van der Waals surface area contributed by atoms with E-state index in [1.165, 1.54) is 0 Å². The second-order valence-electron chi connectivity index (χ2n) is 4.38. The largest absolute Gasteiger partial charge is 0.394 e. The number of nitrogens with zero attached hydrogens (tertiary/aromatic N) is 2. The number of aromatic nitrogens is 1. The van der Waals surface area contributed by atoms with Crippen LogP contribution in [0.2, 0.25) is 5.02 Å². The summed E-state index contributed by atoms with van der Waals surface area (Å²) >= 11 is 5.93. The van der Waals surface area contributed by atoms with Crippen LogP contribution in [0, 0.1) is 0 Å². The van der Waals surface area contributed by atoms with Gasteiger partial charge >= 0.3 is 0 Å². The van der Waals surface area contributed by atoms with Crippen molar-refractivity contribution in [1.82, 2.24) is 9.88 Å². The smallest absolute Gasteiger partial charge is 0.0933 e. The molecule has 94 valence electrons. The highest BCUT2D eigenvalue weighted by atomic mass is 35.5. The second kappa shape index (κ2) is 5.78. The van der Waals surface area contributed by atoms with E-state index in [0.717, 1.165) is 18.8 Å². The Labute approximate surface area is 106 Å². The van der Waals surface area contributed by atoms with Crippen molar-refractivity contribution in [1.29, 1.82) is 0 Å². The number of halogens is 1. The van der Waals surface area contributed by atoms with Crippen LogP contribution in [0.15, 0.2) is 18.3 Å². The Morgan fingerprint density at radius 1 is 1.65 bits per heavy atom. The zero-order chi connectivity index (χ0) is 12.3. The van der Waals surface area contributed by atoms with Gasteiger partial charge in [-0.25, -0.2) is 0 Å². The summed E-state index contributed by atoms with van der Waals surface area (Å²) in [5, 5.41) is 9.82. The average Bonchev–Trinajstić information content (AvgIpc) is 2.32. The summed E-state index contributed by atoms with van der Waals surface area (Å²) in [5.74, 6) is 0. The van der Waals surface area contributed by atoms with Crippen LogP contribution in [0.5, 0.6) is 0 Å². The van der Waals surface area contributed by atoms with Gasteiger partial charge in [0.05, 0.1) is 25.0 Å². The zero-order valence-corrected chi connectivity index (χ0v) is 10.6. The maximum Gasteiger partial charge on any atom is 0.0933 e. The molecular weight excluding hydrogens is 240 g/mol. The first kappa shape index (κ1) is 12.8. The lowest BCUT2D eigenvalue weighted by molar-refractivity contribution is -0.0808. The first-order valence-electron chi connectivity index (χ1n) is 5.76. The fraction of sp³-hybridized carbons (Fsp3) is 0.583. The summed E-state index contributed by atoms with van der Waals surface area (Å²) in [4.78, 5) is 6.54. The third-order valence-electron chi connectivity index (χ3n) is 2.98. The van der Waals surface area contributed by atoms with Crippen LogP contribution in [0.4, 0.5) is 0 Å². The summed E-state index contributed by atoms with van der Waals surface area (Å²) in [7, 11) is 0. The van der Waals surface area contributed by atoms with E-state index in [-0.39, 0.29) is 12.7 Å². The Morgan fingerprint density at radius 3 is 3.18 bits per heavy atom. The molecule has 4 nitrogen and oxygen atoms in total. The maximum absolute atomic E-state index is 9.12. The van der Waals surface area contributed by atoms with E-state index in [1.54, 1.807) is 12.3 Å². The summed E-state index contributed by atoms with van der Waals surface area (Å²) in [6, 6.07) is 3.97. The molecule has 2 unspecified atom stereocenters. The second-order valence-corrected chi connectivity index (χ2v) is 4.82. The highest BCUT2D eigenvalue weighted by Crippen LogP contribution is 2.16. The number of aliphatic hydroxyl groups is 1. The lowest BCUT2D eigenvalue weighted by Crippen LogP contribution is -2.48. The quantitative estimate of drug-likeness (QED) is 0.886. The molecule has 0 aromatic carbocycles. The molecule has 0 radical (unpaired) electrons. The summed E-state index contributed by atoms with van der Waals surface area (Å²) in [5.41, 5.74) is 0.947. The number of rotatable bonds is 3. The lowest BCUT2D eigenvalue weighted by Gasteiger charge is -2.37. The van der Waals surface area contributed by atoms with Crippen LogP contribution in [-0.2, 0) is 11.3 Å². The molecule has 1 aromatic rings. The van der Waals surface area contributed by atoms with Gasteiger partial charge in [0.1, 0.15) is 0 Å². The molecule has 1 aromatic heterocycles. The van der Waals surface area contributed by atoms with Crippen LogP contribution < -0.4 is 0 Å². The average molecular weight is 257 g/mol. The molecule has 1 saturated heterocycles. The number of aliphatic hydroxyl groups excluding tert-OH is 1. The van der Waals surface area contributed by atoms with Crippen molar-refractivity contribution in [2.24, 2.45) is 0 Å². The molecule has 5 heteroatoms. The predicted octanol–water partition coefficient (Wildman–Crippen LogP) is 1.32. The van der Waals surface area contributed by atoms with E-state index >= 15 is 0 Å². The van der Waals surface area contributed by atoms with Gasteiger partial charge in [-0.15, -0.1) is 0 Å². The number of morpholine rings is 1. The monoisotopic (exact) mass is 256 g/mol. The van der Waals surface area contributed by atoms with Gasteiger partial charge in [-0.05, 0) is 19.1 Å². The minimum absolute atomic E-state index is 0.0617. The maximum atomic E-state index is 9.12. The molecule has 0 aliphatic carbocycles. The van der Waals surface area contributed by atoms with E-state index in [0.29, 0.717) is 17.7 Å². The first-order chi connectivity index (χ1) is 8.19. The molecule has 1 aliphatic heterocycles. The fourth-order valence-corrected chi connectivity index (χ4v) is 2.13. The SMILES string of the molecule is CC1COC(CO)CN1Cc1cc(Cl)ccn1. The van der Waals surface area contributed by atoms with Crippen molar-refractivity contribution in [2.75, 3.05) is 19.8 Å². The van der Waals surface area contributed by atoms with E-state index in [9.17, 15) is 0 Å². The Morgan fingerprint density at radius 2 is 2.47 bits per heavy atom. The van der Waals surface area contributed by atoms with Crippen LogP contribution in [0.1, 0.15) is 12.6 Å². The fourth-order valence-electron chi connectivity index (χ4n) is 1.95. The third-order valence-corrected chi connectivity index (χ3v) is 3.22. The van der Waals surface area contributed by atoms with Crippen LogP contribution in [0.3, 0.4) is 0 Å². The summed E-state index contributed by atoms with van der Waals surface area (Å²) < 4.78 is 5.49. The van der Waals surface area contributed by atoms with Gasteiger partial charge in [0.25, 0.3) is 0 Å². The van der Waals surface area contributed by atoms with E-state index in [2.05, 4.69) is 16.8 Å². The van der Waals surface area contributed by atoms with Crippen LogP contribution >= 0.6 is 11.6 Å². The van der Waals surface area contributed by atoms with Crippen LogP contribution in [0.25, 0.3) is 0 Å². The van der Waals surface area contributed by atoms with Crippen molar-refractivity contribution < 1.29 is 9.84 Å². The number of ether oxygens (including phenoxy) is 1. The Bertz CT molecular complexity index is 375. The zero-order valence-electron chi connectivity index (χ0n) is 9.84. The van der Waals surface area contributed by atoms with E-state index in [1.807, 2.05) is 6.07 Å². The molecule has 0 bridgehead atoms. The standard InChI is InChI=1S/C12H17ClN2O2/c1-9-8-17-12(7-16)6-15(9)5-11-4-10(13)2-3-14-11/h2-4,9,12,16H,5-8H2,1H3. The summed E-state index contributed by atoms with van der Waals surface area (Å²) in [6.45, 7) is 4.28. The molecule has 1 N–H and O–H groups in total. The first-order valence-corrected chi connectivity index (χ1v) is 6.14. The Balaban J connectivity index is 2.01. The van der Waals surface area contributed by atoms with E-state index in [4.69, 9.17) is 21.4 Å². The van der Waals surface area contributed by atoms with Crippen molar-refractivity contribution in [3.8, 4) is 0 Å². The molecule has 1 aliphatic rings.